The van der Waals surface area contributed by atoms with Crippen LogP contribution in [0.3, 0.4) is 0 Å². The van der Waals surface area contributed by atoms with Crippen LogP contribution in [0.15, 0.2) is 24.5 Å². The fourth-order valence-electron chi connectivity index (χ4n) is 2.16. The Balaban J connectivity index is 1.94. The molecule has 1 saturated heterocycles. The zero-order valence-electron chi connectivity index (χ0n) is 9.80. The van der Waals surface area contributed by atoms with Gasteiger partial charge in [0.05, 0.1) is 0 Å². The van der Waals surface area contributed by atoms with Crippen LogP contribution < -0.4 is 10.2 Å². The molecule has 1 N–H and O–H groups in total. The number of pyridine rings is 1. The molecule has 5 heteroatoms. The second-order valence-electron chi connectivity index (χ2n) is 4.37. The molecule has 3 heterocycles. The lowest BCUT2D eigenvalue weighted by Crippen LogP contribution is -2.49. The zero-order chi connectivity index (χ0) is 11.7. The van der Waals surface area contributed by atoms with Gasteiger partial charge in [0.2, 0.25) is 0 Å². The number of hydrogen-bond donors (Lipinski definition) is 1. The van der Waals surface area contributed by atoms with Crippen molar-refractivity contribution < 1.29 is 0 Å². The van der Waals surface area contributed by atoms with Crippen molar-refractivity contribution in [3.05, 3.63) is 24.5 Å². The fraction of sp³-hybridized carbons (Fsp3) is 0.417. The average Bonchev–Trinajstić information content (AvgIpc) is 2.38. The Morgan fingerprint density at radius 2 is 2.18 bits per heavy atom. The fourth-order valence-corrected chi connectivity index (χ4v) is 2.16. The summed E-state index contributed by atoms with van der Waals surface area (Å²) in [6.07, 6.45) is 3.37. The summed E-state index contributed by atoms with van der Waals surface area (Å²) in [7, 11) is 0. The SMILES string of the molecule is C[C@@H]1CN(c2ccc3nccnc3n2)CCN1. The van der Waals surface area contributed by atoms with Crippen molar-refractivity contribution in [2.75, 3.05) is 24.5 Å². The normalized spacial score (nSPS) is 20.8. The van der Waals surface area contributed by atoms with Gasteiger partial charge in [-0.05, 0) is 19.1 Å². The van der Waals surface area contributed by atoms with Crippen molar-refractivity contribution in [3.8, 4) is 0 Å². The van der Waals surface area contributed by atoms with Gasteiger partial charge < -0.3 is 10.2 Å². The maximum atomic E-state index is 4.56. The molecule has 17 heavy (non-hydrogen) atoms. The molecule has 0 saturated carbocycles. The number of nitrogens with zero attached hydrogens (tertiary/aromatic N) is 4. The van der Waals surface area contributed by atoms with E-state index in [0.29, 0.717) is 6.04 Å². The summed E-state index contributed by atoms with van der Waals surface area (Å²) >= 11 is 0. The Morgan fingerprint density at radius 3 is 3.06 bits per heavy atom. The largest absolute Gasteiger partial charge is 0.354 e. The number of anilines is 1. The number of hydrogen-bond acceptors (Lipinski definition) is 5. The van der Waals surface area contributed by atoms with E-state index in [4.69, 9.17) is 0 Å². The molecule has 5 nitrogen and oxygen atoms in total. The first-order chi connectivity index (χ1) is 8.33. The Kier molecular flexibility index (Phi) is 2.60. The molecule has 0 aliphatic carbocycles. The van der Waals surface area contributed by atoms with Crippen LogP contribution in [0.4, 0.5) is 5.82 Å². The predicted molar refractivity (Wildman–Crippen MR) is 67.0 cm³/mol. The number of nitrogens with one attached hydrogen (secondary N) is 1. The van der Waals surface area contributed by atoms with Gasteiger partial charge in [-0.3, -0.25) is 4.98 Å². The Bertz CT molecular complexity index is 527. The van der Waals surface area contributed by atoms with Gasteiger partial charge in [-0.1, -0.05) is 0 Å². The van der Waals surface area contributed by atoms with E-state index in [0.717, 1.165) is 36.6 Å². The molecule has 1 atom stereocenters. The third kappa shape index (κ3) is 2.06. The Labute approximate surface area is 99.9 Å². The minimum Gasteiger partial charge on any atom is -0.354 e. The van der Waals surface area contributed by atoms with E-state index in [1.165, 1.54) is 0 Å². The second-order valence-corrected chi connectivity index (χ2v) is 4.37. The summed E-state index contributed by atoms with van der Waals surface area (Å²) in [5, 5.41) is 3.42. The first kappa shape index (κ1) is 10.4. The molecule has 0 bridgehead atoms. The van der Waals surface area contributed by atoms with E-state index in [-0.39, 0.29) is 0 Å². The van der Waals surface area contributed by atoms with Crippen LogP contribution in [0.5, 0.6) is 0 Å². The highest BCUT2D eigenvalue weighted by Crippen LogP contribution is 2.16. The van der Waals surface area contributed by atoms with Gasteiger partial charge >= 0.3 is 0 Å². The molecular weight excluding hydrogens is 214 g/mol. The van der Waals surface area contributed by atoms with Gasteiger partial charge in [-0.2, -0.15) is 0 Å². The lowest BCUT2D eigenvalue weighted by molar-refractivity contribution is 0.482. The highest BCUT2D eigenvalue weighted by atomic mass is 15.2. The molecule has 1 aliphatic rings. The lowest BCUT2D eigenvalue weighted by atomic mass is 10.2. The van der Waals surface area contributed by atoms with E-state index < -0.39 is 0 Å². The summed E-state index contributed by atoms with van der Waals surface area (Å²) < 4.78 is 0. The number of piperazine rings is 1. The molecule has 3 rings (SSSR count). The van der Waals surface area contributed by atoms with Gasteiger partial charge in [0, 0.05) is 38.1 Å². The van der Waals surface area contributed by atoms with E-state index in [9.17, 15) is 0 Å². The van der Waals surface area contributed by atoms with Crippen LogP contribution in [0.1, 0.15) is 6.92 Å². The van der Waals surface area contributed by atoms with Gasteiger partial charge in [-0.25, -0.2) is 9.97 Å². The number of aromatic nitrogens is 3. The van der Waals surface area contributed by atoms with E-state index >= 15 is 0 Å². The summed E-state index contributed by atoms with van der Waals surface area (Å²) in [6, 6.07) is 4.51. The third-order valence-corrected chi connectivity index (χ3v) is 3.01. The highest BCUT2D eigenvalue weighted by molar-refractivity contribution is 5.71. The van der Waals surface area contributed by atoms with Crippen molar-refractivity contribution >= 4 is 17.0 Å². The number of rotatable bonds is 1. The van der Waals surface area contributed by atoms with Crippen LogP contribution in [0, 0.1) is 0 Å². The molecule has 88 valence electrons. The number of fused-ring (bicyclic) bond motifs is 1. The minimum absolute atomic E-state index is 0.503. The van der Waals surface area contributed by atoms with E-state index in [1.807, 2.05) is 12.1 Å². The topological polar surface area (TPSA) is 53.9 Å². The molecule has 0 unspecified atom stereocenters. The van der Waals surface area contributed by atoms with Crippen LogP contribution in [0.2, 0.25) is 0 Å². The van der Waals surface area contributed by atoms with Gasteiger partial charge in [-0.15, -0.1) is 0 Å². The Hall–Kier alpha value is -1.75. The standard InChI is InChI=1S/C12H15N5/c1-9-8-17(7-6-13-9)11-3-2-10-12(16-11)15-5-4-14-10/h2-5,9,13H,6-8H2,1H3/t9-/m1/s1. The summed E-state index contributed by atoms with van der Waals surface area (Å²) in [5.74, 6) is 0.992. The van der Waals surface area contributed by atoms with Crippen molar-refractivity contribution in [3.63, 3.8) is 0 Å². The lowest BCUT2D eigenvalue weighted by Gasteiger charge is -2.32. The third-order valence-electron chi connectivity index (χ3n) is 3.01. The minimum atomic E-state index is 0.503. The van der Waals surface area contributed by atoms with Crippen LogP contribution in [0.25, 0.3) is 11.2 Å². The highest BCUT2D eigenvalue weighted by Gasteiger charge is 2.17. The van der Waals surface area contributed by atoms with Crippen LogP contribution in [-0.4, -0.2) is 40.6 Å². The van der Waals surface area contributed by atoms with Crippen molar-refractivity contribution in [1.82, 2.24) is 20.3 Å². The molecule has 0 amide bonds. The zero-order valence-corrected chi connectivity index (χ0v) is 9.80. The van der Waals surface area contributed by atoms with Crippen LogP contribution in [-0.2, 0) is 0 Å². The molecule has 1 fully saturated rings. The molecular formula is C12H15N5. The Morgan fingerprint density at radius 1 is 1.29 bits per heavy atom. The molecule has 2 aromatic heterocycles. The van der Waals surface area contributed by atoms with Gasteiger partial charge in [0.25, 0.3) is 0 Å². The predicted octanol–water partition coefficient (Wildman–Crippen LogP) is 0.823. The molecule has 0 aromatic carbocycles. The van der Waals surface area contributed by atoms with E-state index in [1.54, 1.807) is 12.4 Å². The maximum absolute atomic E-state index is 4.56. The average molecular weight is 229 g/mol. The first-order valence-electron chi connectivity index (χ1n) is 5.89. The van der Waals surface area contributed by atoms with Gasteiger partial charge in [0.1, 0.15) is 11.3 Å². The molecule has 2 aromatic rings. The summed E-state index contributed by atoms with van der Waals surface area (Å²) in [4.78, 5) is 15.3. The van der Waals surface area contributed by atoms with Gasteiger partial charge in [0.15, 0.2) is 5.65 Å². The molecule has 0 spiro atoms. The smallest absolute Gasteiger partial charge is 0.180 e. The van der Waals surface area contributed by atoms with Crippen molar-refractivity contribution in [1.29, 1.82) is 0 Å². The summed E-state index contributed by atoms with van der Waals surface area (Å²) in [5.41, 5.74) is 1.57. The second kappa shape index (κ2) is 4.25. The monoisotopic (exact) mass is 229 g/mol. The quantitative estimate of drug-likeness (QED) is 0.784. The van der Waals surface area contributed by atoms with Crippen molar-refractivity contribution in [2.45, 2.75) is 13.0 Å². The first-order valence-corrected chi connectivity index (χ1v) is 5.89. The van der Waals surface area contributed by atoms with E-state index in [2.05, 4.69) is 32.1 Å². The maximum Gasteiger partial charge on any atom is 0.180 e. The molecule has 0 radical (unpaired) electrons. The van der Waals surface area contributed by atoms with Crippen LogP contribution >= 0.6 is 0 Å². The van der Waals surface area contributed by atoms with Crippen molar-refractivity contribution in [2.24, 2.45) is 0 Å². The summed E-state index contributed by atoms with van der Waals surface area (Å²) in [6.45, 7) is 5.16. The molecule has 1 aliphatic heterocycles.